The summed E-state index contributed by atoms with van der Waals surface area (Å²) in [7, 11) is 0. The monoisotopic (exact) mass is 376 g/mol. The molecule has 0 saturated heterocycles. The van der Waals surface area contributed by atoms with Crippen LogP contribution in [0.25, 0.3) is 0 Å². The van der Waals surface area contributed by atoms with Crippen molar-refractivity contribution in [3.05, 3.63) is 95.1 Å². The van der Waals surface area contributed by atoms with Crippen LogP contribution in [0, 0.1) is 13.8 Å². The molecule has 3 rings (SSSR count). The Morgan fingerprint density at radius 3 is 2.29 bits per heavy atom. The molecule has 0 N–H and O–H groups in total. The van der Waals surface area contributed by atoms with Gasteiger partial charge < -0.3 is 14.2 Å². The van der Waals surface area contributed by atoms with Crippen molar-refractivity contribution < 1.29 is 19.0 Å². The van der Waals surface area contributed by atoms with E-state index in [-0.39, 0.29) is 0 Å². The molecule has 0 bridgehead atoms. The molecule has 0 spiro atoms. The standard InChI is InChI=1S/C24H24O4/c1-18-8-11-22(12-9-18)27-24(25)28-23-13-10-19(2)16-21(23)14-15-26-17-20-6-4-3-5-7-20/h3-13,16H,14-15,17H2,1-2H3. The third-order valence-corrected chi connectivity index (χ3v) is 4.26. The Morgan fingerprint density at radius 2 is 1.54 bits per heavy atom. The lowest BCUT2D eigenvalue weighted by atomic mass is 10.1. The van der Waals surface area contributed by atoms with Gasteiger partial charge in [-0.15, -0.1) is 0 Å². The summed E-state index contributed by atoms with van der Waals surface area (Å²) in [6.45, 7) is 5.06. The highest BCUT2D eigenvalue weighted by molar-refractivity contribution is 5.67. The van der Waals surface area contributed by atoms with Gasteiger partial charge in [0.25, 0.3) is 0 Å². The number of rotatable bonds is 7. The van der Waals surface area contributed by atoms with Crippen molar-refractivity contribution >= 4 is 6.16 Å². The van der Waals surface area contributed by atoms with Gasteiger partial charge >= 0.3 is 6.16 Å². The van der Waals surface area contributed by atoms with E-state index in [1.807, 2.05) is 68.4 Å². The molecule has 4 nitrogen and oxygen atoms in total. The van der Waals surface area contributed by atoms with Gasteiger partial charge in [0, 0.05) is 0 Å². The number of aryl methyl sites for hydroxylation is 2. The molecule has 0 atom stereocenters. The summed E-state index contributed by atoms with van der Waals surface area (Å²) in [5, 5.41) is 0. The second kappa shape index (κ2) is 9.72. The molecule has 0 aromatic heterocycles. The molecule has 144 valence electrons. The fourth-order valence-corrected chi connectivity index (χ4v) is 2.76. The van der Waals surface area contributed by atoms with Crippen LogP contribution in [-0.4, -0.2) is 12.8 Å². The van der Waals surface area contributed by atoms with E-state index in [0.29, 0.717) is 31.1 Å². The van der Waals surface area contributed by atoms with Gasteiger partial charge in [0.2, 0.25) is 0 Å². The van der Waals surface area contributed by atoms with Crippen LogP contribution >= 0.6 is 0 Å². The van der Waals surface area contributed by atoms with Crippen LogP contribution in [0.1, 0.15) is 22.3 Å². The summed E-state index contributed by atoms with van der Waals surface area (Å²) < 4.78 is 16.4. The predicted octanol–water partition coefficient (Wildman–Crippen LogP) is 5.64. The minimum absolute atomic E-state index is 0.454. The third kappa shape index (κ3) is 5.96. The van der Waals surface area contributed by atoms with Gasteiger partial charge in [0.1, 0.15) is 11.5 Å². The van der Waals surface area contributed by atoms with Crippen LogP contribution in [0.2, 0.25) is 0 Å². The van der Waals surface area contributed by atoms with E-state index in [4.69, 9.17) is 14.2 Å². The predicted molar refractivity (Wildman–Crippen MR) is 109 cm³/mol. The Balaban J connectivity index is 1.56. The second-order valence-corrected chi connectivity index (χ2v) is 6.67. The van der Waals surface area contributed by atoms with Gasteiger partial charge in [-0.25, -0.2) is 4.79 Å². The average molecular weight is 376 g/mol. The van der Waals surface area contributed by atoms with E-state index in [1.54, 1.807) is 18.2 Å². The molecule has 28 heavy (non-hydrogen) atoms. The molecule has 0 aliphatic heterocycles. The number of hydrogen-bond donors (Lipinski definition) is 0. The molecule has 3 aromatic carbocycles. The lowest BCUT2D eigenvalue weighted by Gasteiger charge is -2.12. The van der Waals surface area contributed by atoms with Gasteiger partial charge in [-0.05, 0) is 49.6 Å². The van der Waals surface area contributed by atoms with Crippen molar-refractivity contribution in [2.24, 2.45) is 0 Å². The minimum Gasteiger partial charge on any atom is -0.395 e. The summed E-state index contributed by atoms with van der Waals surface area (Å²) in [4.78, 5) is 12.1. The van der Waals surface area contributed by atoms with E-state index in [9.17, 15) is 4.79 Å². The van der Waals surface area contributed by atoms with E-state index in [0.717, 1.165) is 22.3 Å². The zero-order chi connectivity index (χ0) is 19.8. The zero-order valence-corrected chi connectivity index (χ0v) is 16.2. The molecule has 0 unspecified atom stereocenters. The summed E-state index contributed by atoms with van der Waals surface area (Å²) in [6.07, 6.45) is -0.110. The molecule has 0 saturated carbocycles. The summed E-state index contributed by atoms with van der Waals surface area (Å²) >= 11 is 0. The van der Waals surface area contributed by atoms with Gasteiger partial charge in [-0.2, -0.15) is 0 Å². The lowest BCUT2D eigenvalue weighted by Crippen LogP contribution is -2.15. The highest BCUT2D eigenvalue weighted by atomic mass is 16.7. The first-order chi connectivity index (χ1) is 13.6. The van der Waals surface area contributed by atoms with Crippen molar-refractivity contribution in [3.63, 3.8) is 0 Å². The van der Waals surface area contributed by atoms with Crippen LogP contribution in [-0.2, 0) is 17.8 Å². The first-order valence-electron chi connectivity index (χ1n) is 9.28. The Bertz CT molecular complexity index is 902. The Kier molecular flexibility index (Phi) is 6.82. The number of carbonyl (C=O) groups excluding carboxylic acids is 1. The zero-order valence-electron chi connectivity index (χ0n) is 16.2. The van der Waals surface area contributed by atoms with Crippen LogP contribution in [0.5, 0.6) is 11.5 Å². The minimum atomic E-state index is -0.751. The van der Waals surface area contributed by atoms with Crippen molar-refractivity contribution in [1.82, 2.24) is 0 Å². The van der Waals surface area contributed by atoms with Crippen molar-refractivity contribution in [3.8, 4) is 11.5 Å². The first-order valence-corrected chi connectivity index (χ1v) is 9.28. The number of ether oxygens (including phenoxy) is 3. The molecule has 4 heteroatoms. The molecule has 0 radical (unpaired) electrons. The SMILES string of the molecule is Cc1ccc(OC(=O)Oc2ccc(C)cc2CCOCc2ccccc2)cc1. The van der Waals surface area contributed by atoms with Crippen molar-refractivity contribution in [1.29, 1.82) is 0 Å². The molecule has 0 heterocycles. The summed E-state index contributed by atoms with van der Waals surface area (Å²) in [5.74, 6) is 0.946. The normalized spacial score (nSPS) is 10.5. The molecular formula is C24H24O4. The molecule has 0 fully saturated rings. The fraction of sp³-hybridized carbons (Fsp3) is 0.208. The topological polar surface area (TPSA) is 44.8 Å². The second-order valence-electron chi connectivity index (χ2n) is 6.67. The quantitative estimate of drug-likeness (QED) is 0.304. The maximum Gasteiger partial charge on any atom is 0.519 e. The van der Waals surface area contributed by atoms with Crippen LogP contribution in [0.4, 0.5) is 4.79 Å². The average Bonchev–Trinajstić information content (AvgIpc) is 2.70. The first kappa shape index (κ1) is 19.6. The molecule has 3 aromatic rings. The number of benzene rings is 3. The highest BCUT2D eigenvalue weighted by Gasteiger charge is 2.12. The Hall–Kier alpha value is -3.11. The van der Waals surface area contributed by atoms with Crippen molar-refractivity contribution in [2.45, 2.75) is 26.9 Å². The van der Waals surface area contributed by atoms with E-state index < -0.39 is 6.16 Å². The Labute approximate surface area is 165 Å². The van der Waals surface area contributed by atoms with Gasteiger partial charge in [0.15, 0.2) is 0 Å². The maximum absolute atomic E-state index is 12.1. The molecule has 0 aliphatic rings. The van der Waals surface area contributed by atoms with Crippen LogP contribution in [0.15, 0.2) is 72.8 Å². The number of carbonyl (C=O) groups is 1. The molecular weight excluding hydrogens is 352 g/mol. The molecule has 0 amide bonds. The Morgan fingerprint density at radius 1 is 0.821 bits per heavy atom. The van der Waals surface area contributed by atoms with Crippen LogP contribution < -0.4 is 9.47 Å². The highest BCUT2D eigenvalue weighted by Crippen LogP contribution is 2.22. The van der Waals surface area contributed by atoms with Gasteiger partial charge in [-0.3, -0.25) is 0 Å². The summed E-state index contributed by atoms with van der Waals surface area (Å²) in [5.41, 5.74) is 4.23. The maximum atomic E-state index is 12.1. The third-order valence-electron chi connectivity index (χ3n) is 4.26. The van der Waals surface area contributed by atoms with E-state index in [1.165, 1.54) is 0 Å². The number of hydrogen-bond acceptors (Lipinski definition) is 4. The van der Waals surface area contributed by atoms with Gasteiger partial charge in [0.05, 0.1) is 13.2 Å². The lowest BCUT2D eigenvalue weighted by molar-refractivity contribution is 0.122. The largest absolute Gasteiger partial charge is 0.519 e. The molecule has 0 aliphatic carbocycles. The van der Waals surface area contributed by atoms with Crippen LogP contribution in [0.3, 0.4) is 0 Å². The van der Waals surface area contributed by atoms with Crippen molar-refractivity contribution in [2.75, 3.05) is 6.61 Å². The smallest absolute Gasteiger partial charge is 0.395 e. The van der Waals surface area contributed by atoms with E-state index in [2.05, 4.69) is 0 Å². The van der Waals surface area contributed by atoms with Gasteiger partial charge in [-0.1, -0.05) is 65.7 Å². The summed E-state index contributed by atoms with van der Waals surface area (Å²) in [6, 6.07) is 23.0. The fourth-order valence-electron chi connectivity index (χ4n) is 2.76. The van der Waals surface area contributed by atoms with E-state index >= 15 is 0 Å².